The van der Waals surface area contributed by atoms with Crippen molar-refractivity contribution in [2.24, 2.45) is 0 Å². The zero-order chi connectivity index (χ0) is 9.68. The molecule has 0 atom stereocenters. The highest BCUT2D eigenvalue weighted by Crippen LogP contribution is 2.19. The summed E-state index contributed by atoms with van der Waals surface area (Å²) in [5.74, 6) is 5.35. The van der Waals surface area contributed by atoms with Crippen LogP contribution in [0.4, 0.5) is 0 Å². The van der Waals surface area contributed by atoms with E-state index in [2.05, 4.69) is 11.8 Å². The first-order valence-corrected chi connectivity index (χ1v) is 4.15. The number of rotatable bonds is 1. The average molecular weight is 195 g/mol. The molecule has 0 aliphatic heterocycles. The Bertz CT molecular complexity index is 374. The maximum Gasteiger partial charge on any atom is 0.153 e. The summed E-state index contributed by atoms with van der Waals surface area (Å²) in [4.78, 5) is 10.4. The van der Waals surface area contributed by atoms with Crippen LogP contribution in [-0.4, -0.2) is 17.3 Å². The van der Waals surface area contributed by atoms with Crippen LogP contribution in [0.25, 0.3) is 0 Å². The van der Waals surface area contributed by atoms with Gasteiger partial charge in [0.05, 0.1) is 17.0 Å². The molecule has 2 nitrogen and oxygen atoms in total. The van der Waals surface area contributed by atoms with Crippen molar-refractivity contribution >= 4 is 17.9 Å². The van der Waals surface area contributed by atoms with Crippen LogP contribution in [-0.2, 0) is 0 Å². The number of phenols is 1. The number of para-hydroxylation sites is 1. The molecule has 13 heavy (non-hydrogen) atoms. The molecule has 0 bridgehead atoms. The van der Waals surface area contributed by atoms with E-state index in [1.165, 1.54) is 6.07 Å². The van der Waals surface area contributed by atoms with Gasteiger partial charge in [-0.25, -0.2) is 0 Å². The fourth-order valence-electron chi connectivity index (χ4n) is 0.886. The van der Waals surface area contributed by atoms with Crippen LogP contribution in [0.3, 0.4) is 0 Å². The maximum atomic E-state index is 10.4. The predicted octanol–water partition coefficient (Wildman–Crippen LogP) is 1.79. The number of aromatic hydroxyl groups is 1. The molecule has 1 aromatic carbocycles. The van der Waals surface area contributed by atoms with Crippen molar-refractivity contribution < 1.29 is 9.90 Å². The normalized spacial score (nSPS) is 8.69. The highest BCUT2D eigenvalue weighted by Gasteiger charge is 2.02. The van der Waals surface area contributed by atoms with Gasteiger partial charge < -0.3 is 5.11 Å². The van der Waals surface area contributed by atoms with Gasteiger partial charge in [-0.3, -0.25) is 4.79 Å². The fourth-order valence-corrected chi connectivity index (χ4v) is 0.953. The summed E-state index contributed by atoms with van der Waals surface area (Å²) >= 11 is 5.35. The quantitative estimate of drug-likeness (QED) is 0.421. The third kappa shape index (κ3) is 2.24. The number of benzene rings is 1. The van der Waals surface area contributed by atoms with E-state index in [4.69, 9.17) is 11.6 Å². The molecule has 0 aliphatic rings. The molecule has 1 rings (SSSR count). The summed E-state index contributed by atoms with van der Waals surface area (Å²) in [5.41, 5.74) is 0.659. The van der Waals surface area contributed by atoms with Crippen LogP contribution in [0.2, 0.25) is 0 Å². The minimum atomic E-state index is -0.0879. The molecule has 0 saturated heterocycles. The number of phenolic OH excluding ortho intramolecular Hbond substituents is 1. The molecule has 0 saturated carbocycles. The molecular formula is C10H7ClO2. The van der Waals surface area contributed by atoms with Crippen LogP contribution in [0, 0.1) is 11.8 Å². The Balaban J connectivity index is 3.15. The van der Waals surface area contributed by atoms with E-state index in [1.54, 1.807) is 12.1 Å². The van der Waals surface area contributed by atoms with Gasteiger partial charge in [0.2, 0.25) is 0 Å². The van der Waals surface area contributed by atoms with Crippen LogP contribution >= 0.6 is 11.6 Å². The standard InChI is InChI=1S/C10H7ClO2/c11-6-2-5-8-3-1-4-9(7-12)10(8)13/h1,3-4,7,13H,6H2. The lowest BCUT2D eigenvalue weighted by Crippen LogP contribution is -1.84. The first kappa shape index (κ1) is 9.63. The second kappa shape index (κ2) is 4.54. The first-order chi connectivity index (χ1) is 6.29. The Hall–Kier alpha value is -1.46. The molecule has 1 aromatic rings. The third-order valence-corrected chi connectivity index (χ3v) is 1.62. The van der Waals surface area contributed by atoms with Crippen LogP contribution in [0.5, 0.6) is 5.75 Å². The van der Waals surface area contributed by atoms with E-state index in [1.807, 2.05) is 0 Å². The van der Waals surface area contributed by atoms with Gasteiger partial charge in [-0.2, -0.15) is 0 Å². The maximum absolute atomic E-state index is 10.4. The highest BCUT2D eigenvalue weighted by atomic mass is 35.5. The molecule has 0 aliphatic carbocycles. The fraction of sp³-hybridized carbons (Fsp3) is 0.100. The number of halogens is 1. The van der Waals surface area contributed by atoms with E-state index >= 15 is 0 Å². The largest absolute Gasteiger partial charge is 0.506 e. The second-order valence-corrected chi connectivity index (χ2v) is 2.56. The second-order valence-electron chi connectivity index (χ2n) is 2.30. The van der Waals surface area contributed by atoms with Crippen molar-refractivity contribution in [3.8, 4) is 17.6 Å². The predicted molar refractivity (Wildman–Crippen MR) is 51.1 cm³/mol. The number of alkyl halides is 1. The smallest absolute Gasteiger partial charge is 0.153 e. The molecular weight excluding hydrogens is 188 g/mol. The van der Waals surface area contributed by atoms with Crippen LogP contribution in [0.15, 0.2) is 18.2 Å². The number of hydrogen-bond donors (Lipinski definition) is 1. The lowest BCUT2D eigenvalue weighted by atomic mass is 10.1. The topological polar surface area (TPSA) is 37.3 Å². The zero-order valence-electron chi connectivity index (χ0n) is 6.75. The third-order valence-electron chi connectivity index (χ3n) is 1.48. The summed E-state index contributed by atoms with van der Waals surface area (Å²) in [7, 11) is 0. The minimum absolute atomic E-state index is 0.0879. The Labute approximate surface area is 81.1 Å². The van der Waals surface area contributed by atoms with Crippen molar-refractivity contribution in [2.45, 2.75) is 0 Å². The number of hydrogen-bond acceptors (Lipinski definition) is 2. The molecule has 0 amide bonds. The van der Waals surface area contributed by atoms with Crippen molar-refractivity contribution in [1.82, 2.24) is 0 Å². The van der Waals surface area contributed by atoms with Gasteiger partial charge in [0, 0.05) is 0 Å². The molecule has 0 radical (unpaired) electrons. The molecule has 0 spiro atoms. The van der Waals surface area contributed by atoms with E-state index in [0.717, 1.165) is 0 Å². The van der Waals surface area contributed by atoms with Crippen LogP contribution < -0.4 is 0 Å². The van der Waals surface area contributed by atoms with Crippen molar-refractivity contribution in [2.75, 3.05) is 5.88 Å². The first-order valence-electron chi connectivity index (χ1n) is 3.61. The lowest BCUT2D eigenvalue weighted by Gasteiger charge is -1.98. The van der Waals surface area contributed by atoms with E-state index in [0.29, 0.717) is 11.8 Å². The summed E-state index contributed by atoms with van der Waals surface area (Å²) in [6.07, 6.45) is 0.585. The Kier molecular flexibility index (Phi) is 3.36. The summed E-state index contributed by atoms with van der Waals surface area (Å²) in [6, 6.07) is 4.80. The van der Waals surface area contributed by atoms with E-state index < -0.39 is 0 Å². The number of carbonyl (C=O) groups is 1. The molecule has 0 aromatic heterocycles. The highest BCUT2D eigenvalue weighted by molar-refractivity contribution is 6.19. The Morgan fingerprint density at radius 3 is 2.92 bits per heavy atom. The van der Waals surface area contributed by atoms with Crippen LogP contribution in [0.1, 0.15) is 15.9 Å². The molecule has 3 heteroatoms. The van der Waals surface area contributed by atoms with Crippen molar-refractivity contribution in [3.05, 3.63) is 29.3 Å². The van der Waals surface area contributed by atoms with E-state index in [-0.39, 0.29) is 17.2 Å². The molecule has 0 unspecified atom stereocenters. The molecule has 1 N–H and O–H groups in total. The molecule has 0 heterocycles. The Morgan fingerprint density at radius 2 is 2.31 bits per heavy atom. The van der Waals surface area contributed by atoms with Gasteiger partial charge in [0.25, 0.3) is 0 Å². The minimum Gasteiger partial charge on any atom is -0.506 e. The van der Waals surface area contributed by atoms with Gasteiger partial charge in [-0.05, 0) is 12.1 Å². The van der Waals surface area contributed by atoms with Crippen molar-refractivity contribution in [3.63, 3.8) is 0 Å². The number of carbonyl (C=O) groups excluding carboxylic acids is 1. The molecule has 66 valence electrons. The van der Waals surface area contributed by atoms with Crippen molar-refractivity contribution in [1.29, 1.82) is 0 Å². The molecule has 0 fully saturated rings. The number of aldehydes is 1. The lowest BCUT2D eigenvalue weighted by molar-refractivity contribution is 0.112. The van der Waals surface area contributed by atoms with Gasteiger partial charge in [-0.1, -0.05) is 17.9 Å². The van der Waals surface area contributed by atoms with Gasteiger partial charge in [0.1, 0.15) is 5.75 Å². The SMILES string of the molecule is O=Cc1cccc(C#CCCl)c1O. The monoisotopic (exact) mass is 194 g/mol. The zero-order valence-corrected chi connectivity index (χ0v) is 7.51. The summed E-state index contributed by atoms with van der Waals surface area (Å²) in [5, 5.41) is 9.44. The van der Waals surface area contributed by atoms with Gasteiger partial charge in [-0.15, -0.1) is 11.6 Å². The summed E-state index contributed by atoms with van der Waals surface area (Å²) in [6.45, 7) is 0. The van der Waals surface area contributed by atoms with Gasteiger partial charge >= 0.3 is 0 Å². The van der Waals surface area contributed by atoms with E-state index in [9.17, 15) is 9.90 Å². The van der Waals surface area contributed by atoms with Gasteiger partial charge in [0.15, 0.2) is 6.29 Å². The Morgan fingerprint density at radius 1 is 1.54 bits per heavy atom. The summed E-state index contributed by atoms with van der Waals surface area (Å²) < 4.78 is 0. The average Bonchev–Trinajstić information content (AvgIpc) is 2.16.